The Labute approximate surface area is 175 Å². The standard InChI is InChI=1S/C23H26N6O/c1-16-19-11-7-8-12-20(19)30-21(16)14-25-23(24-13-18-9-5-4-6-10-18)26-15-22-28-27-17(2)29(22)3/h4-12H,13-15H2,1-3H3,(H2,24,25,26). The van der Waals surface area contributed by atoms with Crippen LogP contribution in [0.3, 0.4) is 0 Å². The van der Waals surface area contributed by atoms with E-state index in [0.717, 1.165) is 39.5 Å². The maximum Gasteiger partial charge on any atom is 0.192 e. The lowest BCUT2D eigenvalue weighted by atomic mass is 10.1. The van der Waals surface area contributed by atoms with Crippen LogP contribution in [0.5, 0.6) is 0 Å². The Morgan fingerprint density at radius 1 is 0.967 bits per heavy atom. The smallest absolute Gasteiger partial charge is 0.192 e. The van der Waals surface area contributed by atoms with Crippen molar-refractivity contribution in [2.75, 3.05) is 0 Å². The average molecular weight is 403 g/mol. The van der Waals surface area contributed by atoms with Crippen LogP contribution in [0.4, 0.5) is 0 Å². The average Bonchev–Trinajstić information content (AvgIpc) is 3.27. The summed E-state index contributed by atoms with van der Waals surface area (Å²) in [7, 11) is 1.96. The Morgan fingerprint density at radius 2 is 1.70 bits per heavy atom. The quantitative estimate of drug-likeness (QED) is 0.380. The zero-order chi connectivity index (χ0) is 20.9. The number of aliphatic imine (C=N–C) groups is 1. The lowest BCUT2D eigenvalue weighted by Gasteiger charge is -2.12. The number of guanidine groups is 1. The second-order valence-electron chi connectivity index (χ2n) is 7.23. The minimum Gasteiger partial charge on any atom is -0.459 e. The molecule has 7 nitrogen and oxygen atoms in total. The summed E-state index contributed by atoms with van der Waals surface area (Å²) in [5.74, 6) is 3.32. The number of fused-ring (bicyclic) bond motifs is 1. The van der Waals surface area contributed by atoms with Crippen molar-refractivity contribution in [3.05, 3.63) is 83.1 Å². The Balaban J connectivity index is 1.49. The van der Waals surface area contributed by atoms with Crippen molar-refractivity contribution in [2.24, 2.45) is 12.0 Å². The van der Waals surface area contributed by atoms with E-state index in [1.807, 2.05) is 54.9 Å². The van der Waals surface area contributed by atoms with Gasteiger partial charge >= 0.3 is 0 Å². The predicted molar refractivity (Wildman–Crippen MR) is 118 cm³/mol. The topological polar surface area (TPSA) is 80.3 Å². The molecule has 0 bridgehead atoms. The van der Waals surface area contributed by atoms with E-state index in [4.69, 9.17) is 9.41 Å². The number of hydrogen-bond donors (Lipinski definition) is 2. The molecule has 2 aromatic carbocycles. The molecule has 2 N–H and O–H groups in total. The number of furan rings is 1. The third-order valence-electron chi connectivity index (χ3n) is 5.22. The molecule has 0 amide bonds. The molecule has 0 spiro atoms. The lowest BCUT2D eigenvalue weighted by Crippen LogP contribution is -2.37. The highest BCUT2D eigenvalue weighted by Crippen LogP contribution is 2.24. The highest BCUT2D eigenvalue weighted by atomic mass is 16.3. The van der Waals surface area contributed by atoms with E-state index in [0.29, 0.717) is 25.6 Å². The number of nitrogens with zero attached hydrogens (tertiary/aromatic N) is 4. The molecule has 2 aromatic heterocycles. The van der Waals surface area contributed by atoms with Crippen LogP contribution in [0.25, 0.3) is 11.0 Å². The van der Waals surface area contributed by atoms with Gasteiger partial charge in [0.2, 0.25) is 0 Å². The molecule has 4 rings (SSSR count). The van der Waals surface area contributed by atoms with E-state index in [2.05, 4.69) is 46.0 Å². The zero-order valence-electron chi connectivity index (χ0n) is 17.5. The fourth-order valence-electron chi connectivity index (χ4n) is 3.25. The Hall–Kier alpha value is -3.61. The molecule has 0 aliphatic carbocycles. The molecule has 0 fully saturated rings. The van der Waals surface area contributed by atoms with Crippen molar-refractivity contribution in [2.45, 2.75) is 33.5 Å². The van der Waals surface area contributed by atoms with Crippen molar-refractivity contribution in [1.82, 2.24) is 25.4 Å². The van der Waals surface area contributed by atoms with Gasteiger partial charge in [0.25, 0.3) is 0 Å². The van der Waals surface area contributed by atoms with Crippen LogP contribution >= 0.6 is 0 Å². The molecule has 0 aliphatic heterocycles. The summed E-state index contributed by atoms with van der Waals surface area (Å²) >= 11 is 0. The van der Waals surface area contributed by atoms with Crippen molar-refractivity contribution < 1.29 is 4.42 Å². The van der Waals surface area contributed by atoms with Crippen LogP contribution in [0.1, 0.15) is 28.5 Å². The second kappa shape index (κ2) is 8.82. The number of benzene rings is 2. The normalized spacial score (nSPS) is 11.8. The maximum absolute atomic E-state index is 6.03. The first-order valence-electron chi connectivity index (χ1n) is 10.00. The van der Waals surface area contributed by atoms with E-state index < -0.39 is 0 Å². The summed E-state index contributed by atoms with van der Waals surface area (Å²) in [6.07, 6.45) is 0. The molecule has 0 saturated heterocycles. The van der Waals surface area contributed by atoms with Gasteiger partial charge < -0.3 is 19.6 Å². The van der Waals surface area contributed by atoms with Crippen LogP contribution < -0.4 is 10.6 Å². The number of aromatic nitrogens is 3. The first-order chi connectivity index (χ1) is 14.6. The lowest BCUT2D eigenvalue weighted by molar-refractivity contribution is 0.534. The van der Waals surface area contributed by atoms with Gasteiger partial charge in [-0.05, 0) is 25.5 Å². The van der Waals surface area contributed by atoms with E-state index in [-0.39, 0.29) is 0 Å². The largest absolute Gasteiger partial charge is 0.459 e. The molecule has 7 heteroatoms. The first-order valence-corrected chi connectivity index (χ1v) is 10.00. The minimum atomic E-state index is 0.525. The van der Waals surface area contributed by atoms with Crippen LogP contribution in [0, 0.1) is 13.8 Å². The number of hydrogen-bond acceptors (Lipinski definition) is 4. The highest BCUT2D eigenvalue weighted by molar-refractivity contribution is 5.83. The zero-order valence-corrected chi connectivity index (χ0v) is 17.5. The van der Waals surface area contributed by atoms with Crippen LogP contribution in [0.2, 0.25) is 0 Å². The number of aryl methyl sites for hydroxylation is 2. The second-order valence-corrected chi connectivity index (χ2v) is 7.23. The number of nitrogens with one attached hydrogen (secondary N) is 2. The van der Waals surface area contributed by atoms with Gasteiger partial charge in [0.15, 0.2) is 11.8 Å². The fraction of sp³-hybridized carbons (Fsp3) is 0.261. The molecule has 2 heterocycles. The van der Waals surface area contributed by atoms with Gasteiger partial charge in [0, 0.05) is 18.0 Å². The van der Waals surface area contributed by atoms with Gasteiger partial charge in [-0.1, -0.05) is 48.5 Å². The molecule has 154 valence electrons. The SMILES string of the molecule is Cc1c(CNC(=NCc2ccccc2)NCc2nnc(C)n2C)oc2ccccc12. The molecular formula is C23H26N6O. The number of para-hydroxylation sites is 1. The van der Waals surface area contributed by atoms with Gasteiger partial charge in [-0.15, -0.1) is 10.2 Å². The summed E-state index contributed by atoms with van der Waals surface area (Å²) in [6, 6.07) is 18.3. The van der Waals surface area contributed by atoms with Gasteiger partial charge in [-0.25, -0.2) is 4.99 Å². The van der Waals surface area contributed by atoms with E-state index >= 15 is 0 Å². The van der Waals surface area contributed by atoms with Gasteiger partial charge in [-0.2, -0.15) is 0 Å². The summed E-state index contributed by atoms with van der Waals surface area (Å²) in [6.45, 7) is 5.66. The van der Waals surface area contributed by atoms with Crippen LogP contribution in [-0.4, -0.2) is 20.7 Å². The van der Waals surface area contributed by atoms with Crippen LogP contribution in [-0.2, 0) is 26.7 Å². The summed E-state index contributed by atoms with van der Waals surface area (Å²) in [4.78, 5) is 4.74. The molecule has 30 heavy (non-hydrogen) atoms. The molecular weight excluding hydrogens is 376 g/mol. The third-order valence-corrected chi connectivity index (χ3v) is 5.22. The Bertz CT molecular complexity index is 1160. The maximum atomic E-state index is 6.03. The van der Waals surface area contributed by atoms with E-state index in [1.165, 1.54) is 0 Å². The number of rotatable bonds is 6. The molecule has 0 aliphatic rings. The third kappa shape index (κ3) is 4.35. The fourth-order valence-corrected chi connectivity index (χ4v) is 3.25. The van der Waals surface area contributed by atoms with Gasteiger partial charge in [0.05, 0.1) is 19.6 Å². The molecule has 0 saturated carbocycles. The summed E-state index contributed by atoms with van der Waals surface area (Å²) in [5, 5.41) is 16.2. The molecule has 4 aromatic rings. The van der Waals surface area contributed by atoms with Crippen LogP contribution in [0.15, 0.2) is 64.0 Å². The summed E-state index contributed by atoms with van der Waals surface area (Å²) in [5.41, 5.74) is 3.19. The highest BCUT2D eigenvalue weighted by Gasteiger charge is 2.11. The molecule has 0 radical (unpaired) electrons. The predicted octanol–water partition coefficient (Wildman–Crippen LogP) is 3.61. The van der Waals surface area contributed by atoms with E-state index in [9.17, 15) is 0 Å². The molecule has 0 atom stereocenters. The van der Waals surface area contributed by atoms with Gasteiger partial charge in [-0.3, -0.25) is 0 Å². The molecule has 0 unspecified atom stereocenters. The first kappa shape index (κ1) is 19.7. The monoisotopic (exact) mass is 402 g/mol. The van der Waals surface area contributed by atoms with E-state index in [1.54, 1.807) is 0 Å². The van der Waals surface area contributed by atoms with Crippen molar-refractivity contribution >= 4 is 16.9 Å². The Morgan fingerprint density at radius 3 is 2.43 bits per heavy atom. The van der Waals surface area contributed by atoms with Crippen molar-refractivity contribution in [3.8, 4) is 0 Å². The van der Waals surface area contributed by atoms with Crippen molar-refractivity contribution in [1.29, 1.82) is 0 Å². The summed E-state index contributed by atoms with van der Waals surface area (Å²) < 4.78 is 7.99. The minimum absolute atomic E-state index is 0.525. The Kier molecular flexibility index (Phi) is 5.79. The van der Waals surface area contributed by atoms with Gasteiger partial charge in [0.1, 0.15) is 17.2 Å². The van der Waals surface area contributed by atoms with Crippen molar-refractivity contribution in [3.63, 3.8) is 0 Å².